The Bertz CT molecular complexity index is 298. The Kier molecular flexibility index (Phi) is 2.96. The summed E-state index contributed by atoms with van der Waals surface area (Å²) in [7, 11) is 0. The molecular weight excluding hydrogens is 180 g/mol. The van der Waals surface area contributed by atoms with E-state index < -0.39 is 0 Å². The topological polar surface area (TPSA) is 45.6 Å². The molecule has 2 rings (SSSR count). The van der Waals surface area contributed by atoms with Crippen LogP contribution in [0.1, 0.15) is 5.56 Å². The third-order valence-corrected chi connectivity index (χ3v) is 2.35. The van der Waals surface area contributed by atoms with E-state index in [2.05, 4.69) is 9.88 Å². The van der Waals surface area contributed by atoms with E-state index in [1.807, 2.05) is 12.1 Å². The van der Waals surface area contributed by atoms with Crippen LogP contribution in [-0.4, -0.2) is 36.4 Å². The molecule has 0 radical (unpaired) electrons. The summed E-state index contributed by atoms with van der Waals surface area (Å²) >= 11 is 0. The fourth-order valence-electron chi connectivity index (χ4n) is 1.61. The molecule has 76 valence electrons. The van der Waals surface area contributed by atoms with Gasteiger partial charge in [-0.2, -0.15) is 0 Å². The number of rotatable bonds is 2. The molecule has 4 nitrogen and oxygen atoms in total. The number of hydrogen-bond donors (Lipinski definition) is 1. The number of ether oxygens (including phenoxy) is 1. The molecule has 2 heterocycles. The van der Waals surface area contributed by atoms with Gasteiger partial charge in [0, 0.05) is 24.8 Å². The Balaban J connectivity index is 2.20. The van der Waals surface area contributed by atoms with Crippen molar-refractivity contribution in [3.8, 4) is 0 Å². The van der Waals surface area contributed by atoms with Gasteiger partial charge in [-0.05, 0) is 6.07 Å². The molecular formula is C10H14N2O2. The van der Waals surface area contributed by atoms with Crippen LogP contribution in [0.15, 0.2) is 18.3 Å². The summed E-state index contributed by atoms with van der Waals surface area (Å²) in [5.74, 6) is 0.887. The van der Waals surface area contributed by atoms with Gasteiger partial charge >= 0.3 is 0 Å². The van der Waals surface area contributed by atoms with E-state index >= 15 is 0 Å². The number of aromatic nitrogens is 1. The second-order valence-corrected chi connectivity index (χ2v) is 3.24. The maximum absolute atomic E-state index is 9.15. The molecule has 0 spiro atoms. The zero-order chi connectivity index (χ0) is 9.80. The fraction of sp³-hybridized carbons (Fsp3) is 0.500. The minimum Gasteiger partial charge on any atom is -0.392 e. The Morgan fingerprint density at radius 3 is 2.93 bits per heavy atom. The van der Waals surface area contributed by atoms with E-state index in [-0.39, 0.29) is 6.61 Å². The zero-order valence-electron chi connectivity index (χ0n) is 8.02. The average Bonchev–Trinajstić information content (AvgIpc) is 2.30. The minimum atomic E-state index is 0.0422. The van der Waals surface area contributed by atoms with Crippen molar-refractivity contribution in [3.05, 3.63) is 23.9 Å². The molecule has 4 heteroatoms. The standard InChI is InChI=1S/C10H14N2O2/c13-8-9-2-1-3-11-10(9)12-4-6-14-7-5-12/h1-3,13H,4-8H2. The normalized spacial score (nSPS) is 17.1. The maximum atomic E-state index is 9.15. The van der Waals surface area contributed by atoms with Gasteiger partial charge in [0.25, 0.3) is 0 Å². The molecule has 14 heavy (non-hydrogen) atoms. The number of aliphatic hydroxyl groups excluding tert-OH is 1. The predicted molar refractivity (Wildman–Crippen MR) is 53.2 cm³/mol. The van der Waals surface area contributed by atoms with E-state index in [4.69, 9.17) is 9.84 Å². The molecule has 1 aromatic heterocycles. The van der Waals surface area contributed by atoms with Crippen molar-refractivity contribution in [2.24, 2.45) is 0 Å². The molecule has 0 saturated carbocycles. The maximum Gasteiger partial charge on any atom is 0.134 e. The summed E-state index contributed by atoms with van der Waals surface area (Å²) in [5.41, 5.74) is 0.884. The number of aliphatic hydroxyl groups is 1. The predicted octanol–water partition coefficient (Wildman–Crippen LogP) is 0.410. The molecule has 1 aliphatic heterocycles. The number of nitrogens with zero attached hydrogens (tertiary/aromatic N) is 2. The highest BCUT2D eigenvalue weighted by Gasteiger charge is 2.14. The first-order chi connectivity index (χ1) is 6.92. The van der Waals surface area contributed by atoms with E-state index in [0.29, 0.717) is 0 Å². The zero-order valence-corrected chi connectivity index (χ0v) is 8.02. The Labute approximate surface area is 83.1 Å². The smallest absolute Gasteiger partial charge is 0.134 e. The van der Waals surface area contributed by atoms with E-state index in [9.17, 15) is 0 Å². The molecule has 0 amide bonds. The molecule has 1 fully saturated rings. The second-order valence-electron chi connectivity index (χ2n) is 3.24. The van der Waals surface area contributed by atoms with Gasteiger partial charge in [-0.15, -0.1) is 0 Å². The third kappa shape index (κ3) is 1.86. The van der Waals surface area contributed by atoms with Crippen LogP contribution in [0.4, 0.5) is 5.82 Å². The lowest BCUT2D eigenvalue weighted by molar-refractivity contribution is 0.122. The minimum absolute atomic E-state index is 0.0422. The number of morpholine rings is 1. The van der Waals surface area contributed by atoms with E-state index in [1.54, 1.807) is 6.20 Å². The number of hydrogen-bond acceptors (Lipinski definition) is 4. The van der Waals surface area contributed by atoms with Gasteiger partial charge in [0.1, 0.15) is 5.82 Å². The fourth-order valence-corrected chi connectivity index (χ4v) is 1.61. The SMILES string of the molecule is OCc1cccnc1N1CCOCC1. The van der Waals surface area contributed by atoms with Crippen molar-refractivity contribution in [3.63, 3.8) is 0 Å². The van der Waals surface area contributed by atoms with Crippen molar-refractivity contribution in [2.75, 3.05) is 31.2 Å². The highest BCUT2D eigenvalue weighted by atomic mass is 16.5. The Morgan fingerprint density at radius 2 is 2.21 bits per heavy atom. The van der Waals surface area contributed by atoms with Crippen LogP contribution < -0.4 is 4.90 Å². The van der Waals surface area contributed by atoms with E-state index in [0.717, 1.165) is 37.7 Å². The molecule has 1 aromatic rings. The lowest BCUT2D eigenvalue weighted by Gasteiger charge is -2.29. The monoisotopic (exact) mass is 194 g/mol. The van der Waals surface area contributed by atoms with Crippen LogP contribution in [0.2, 0.25) is 0 Å². The first kappa shape index (κ1) is 9.43. The molecule has 0 bridgehead atoms. The number of pyridine rings is 1. The van der Waals surface area contributed by atoms with Gasteiger partial charge in [-0.1, -0.05) is 6.07 Å². The van der Waals surface area contributed by atoms with Crippen molar-refractivity contribution < 1.29 is 9.84 Å². The lowest BCUT2D eigenvalue weighted by Crippen LogP contribution is -2.37. The molecule has 0 aliphatic carbocycles. The summed E-state index contributed by atoms with van der Waals surface area (Å²) in [6.07, 6.45) is 1.75. The van der Waals surface area contributed by atoms with Crippen LogP contribution in [0.3, 0.4) is 0 Å². The number of anilines is 1. The third-order valence-electron chi connectivity index (χ3n) is 2.35. The first-order valence-electron chi connectivity index (χ1n) is 4.79. The molecule has 1 saturated heterocycles. The summed E-state index contributed by atoms with van der Waals surface area (Å²) in [5, 5.41) is 9.15. The van der Waals surface area contributed by atoms with Crippen molar-refractivity contribution in [1.29, 1.82) is 0 Å². The van der Waals surface area contributed by atoms with Crippen molar-refractivity contribution in [1.82, 2.24) is 4.98 Å². The van der Waals surface area contributed by atoms with Crippen LogP contribution in [0.5, 0.6) is 0 Å². The first-order valence-corrected chi connectivity index (χ1v) is 4.79. The molecule has 1 N–H and O–H groups in total. The Hall–Kier alpha value is -1.13. The van der Waals surface area contributed by atoms with Crippen LogP contribution in [-0.2, 0) is 11.3 Å². The van der Waals surface area contributed by atoms with Gasteiger partial charge in [0.2, 0.25) is 0 Å². The van der Waals surface area contributed by atoms with Gasteiger partial charge in [-0.3, -0.25) is 0 Å². The van der Waals surface area contributed by atoms with Gasteiger partial charge in [0.15, 0.2) is 0 Å². The largest absolute Gasteiger partial charge is 0.392 e. The van der Waals surface area contributed by atoms with Gasteiger partial charge in [0.05, 0.1) is 19.8 Å². The average molecular weight is 194 g/mol. The summed E-state index contributed by atoms with van der Waals surface area (Å²) in [6, 6.07) is 3.74. The van der Waals surface area contributed by atoms with E-state index in [1.165, 1.54) is 0 Å². The molecule has 0 aromatic carbocycles. The summed E-state index contributed by atoms with van der Waals surface area (Å²) in [4.78, 5) is 6.43. The van der Waals surface area contributed by atoms with Crippen LogP contribution in [0.25, 0.3) is 0 Å². The highest BCUT2D eigenvalue weighted by molar-refractivity contribution is 5.46. The van der Waals surface area contributed by atoms with Crippen molar-refractivity contribution >= 4 is 5.82 Å². The van der Waals surface area contributed by atoms with Gasteiger partial charge in [-0.25, -0.2) is 4.98 Å². The lowest BCUT2D eigenvalue weighted by atomic mass is 10.2. The van der Waals surface area contributed by atoms with Gasteiger partial charge < -0.3 is 14.7 Å². The second kappa shape index (κ2) is 4.39. The molecule has 0 unspecified atom stereocenters. The summed E-state index contributed by atoms with van der Waals surface area (Å²) < 4.78 is 5.26. The Morgan fingerprint density at radius 1 is 1.43 bits per heavy atom. The highest BCUT2D eigenvalue weighted by Crippen LogP contribution is 2.17. The molecule has 0 atom stereocenters. The summed E-state index contributed by atoms with van der Waals surface area (Å²) in [6.45, 7) is 3.22. The van der Waals surface area contributed by atoms with Crippen LogP contribution >= 0.6 is 0 Å². The van der Waals surface area contributed by atoms with Crippen LogP contribution in [0, 0.1) is 0 Å². The van der Waals surface area contributed by atoms with Crippen molar-refractivity contribution in [2.45, 2.75) is 6.61 Å². The quantitative estimate of drug-likeness (QED) is 0.740. The molecule has 1 aliphatic rings.